The fraction of sp³-hybridized carbons (Fsp3) is 0.526. The van der Waals surface area contributed by atoms with Crippen LogP contribution in [0.3, 0.4) is 0 Å². The Labute approximate surface area is 149 Å². The lowest BCUT2D eigenvalue weighted by atomic mass is 9.96. The van der Waals surface area contributed by atoms with Gasteiger partial charge in [-0.2, -0.15) is 0 Å². The van der Waals surface area contributed by atoms with Gasteiger partial charge in [0.1, 0.15) is 11.6 Å². The molecule has 0 unspecified atom stereocenters. The monoisotopic (exact) mass is 341 g/mol. The van der Waals surface area contributed by atoms with Crippen molar-refractivity contribution in [3.05, 3.63) is 42.1 Å². The van der Waals surface area contributed by atoms with E-state index in [1.165, 1.54) is 6.42 Å². The Kier molecular flexibility index (Phi) is 5.68. The van der Waals surface area contributed by atoms with E-state index in [4.69, 9.17) is 0 Å². The van der Waals surface area contributed by atoms with Crippen LogP contribution in [-0.2, 0) is 6.54 Å². The second kappa shape index (κ2) is 8.14. The van der Waals surface area contributed by atoms with Crippen molar-refractivity contribution in [2.75, 3.05) is 25.5 Å². The summed E-state index contributed by atoms with van der Waals surface area (Å²) in [6, 6.07) is 3.60. The number of nitrogens with zero attached hydrogens (tertiary/aromatic N) is 4. The number of carbonyl (C=O) groups is 1. The van der Waals surface area contributed by atoms with Crippen LogP contribution < -0.4 is 5.32 Å². The van der Waals surface area contributed by atoms with Gasteiger partial charge in [0.2, 0.25) is 0 Å². The summed E-state index contributed by atoms with van der Waals surface area (Å²) in [5, 5.41) is 2.99. The molecule has 1 aliphatic heterocycles. The highest BCUT2D eigenvalue weighted by molar-refractivity contribution is 5.94. The maximum absolute atomic E-state index is 12.9. The van der Waals surface area contributed by atoms with Crippen LogP contribution in [0.15, 0.2) is 30.7 Å². The summed E-state index contributed by atoms with van der Waals surface area (Å²) in [6.07, 6.45) is 10.1. The molecule has 25 heavy (non-hydrogen) atoms. The molecule has 0 spiro atoms. The number of piperidine rings is 1. The second-order valence-electron chi connectivity index (χ2n) is 6.60. The van der Waals surface area contributed by atoms with E-state index in [1.54, 1.807) is 12.3 Å². The fourth-order valence-electron chi connectivity index (χ4n) is 3.45. The predicted octanol–water partition coefficient (Wildman–Crippen LogP) is 3.14. The number of amides is 1. The Balaban J connectivity index is 1.72. The average molecular weight is 341 g/mol. The smallest absolute Gasteiger partial charge is 0.254 e. The Morgan fingerprint density at radius 3 is 3.04 bits per heavy atom. The van der Waals surface area contributed by atoms with Crippen molar-refractivity contribution in [1.82, 2.24) is 19.4 Å². The molecule has 0 aromatic carbocycles. The van der Waals surface area contributed by atoms with Gasteiger partial charge < -0.3 is 14.8 Å². The summed E-state index contributed by atoms with van der Waals surface area (Å²) in [5.41, 5.74) is 0.689. The summed E-state index contributed by atoms with van der Waals surface area (Å²) < 4.78 is 2.26. The standard InChI is InChI=1S/C19H27N5O/c1-3-4-10-23-12-9-22-18(23)16-6-5-11-24(14-16)19(25)15-7-8-21-17(13-15)20-2/h7-9,12-13,16H,3-6,10-11,14H2,1-2H3,(H,20,21)/t16-/m0/s1. The summed E-state index contributed by atoms with van der Waals surface area (Å²) in [6.45, 7) is 4.75. The summed E-state index contributed by atoms with van der Waals surface area (Å²) >= 11 is 0. The molecule has 6 nitrogen and oxygen atoms in total. The third-order valence-corrected chi connectivity index (χ3v) is 4.84. The molecule has 1 amide bonds. The summed E-state index contributed by atoms with van der Waals surface area (Å²) in [5.74, 6) is 2.23. The molecule has 2 aromatic heterocycles. The number of unbranched alkanes of at least 4 members (excludes halogenated alkanes) is 1. The first-order valence-electron chi connectivity index (χ1n) is 9.17. The average Bonchev–Trinajstić information content (AvgIpc) is 3.14. The molecule has 6 heteroatoms. The second-order valence-corrected chi connectivity index (χ2v) is 6.60. The van der Waals surface area contributed by atoms with Gasteiger partial charge in [-0.3, -0.25) is 4.79 Å². The number of aromatic nitrogens is 3. The van der Waals surface area contributed by atoms with E-state index >= 15 is 0 Å². The first-order valence-corrected chi connectivity index (χ1v) is 9.17. The van der Waals surface area contributed by atoms with E-state index in [1.807, 2.05) is 24.2 Å². The predicted molar refractivity (Wildman–Crippen MR) is 98.8 cm³/mol. The third-order valence-electron chi connectivity index (χ3n) is 4.84. The van der Waals surface area contributed by atoms with E-state index < -0.39 is 0 Å². The van der Waals surface area contributed by atoms with Crippen LogP contribution in [0.4, 0.5) is 5.82 Å². The molecule has 1 fully saturated rings. The zero-order valence-corrected chi connectivity index (χ0v) is 15.1. The number of aryl methyl sites for hydroxylation is 1. The quantitative estimate of drug-likeness (QED) is 0.877. The Morgan fingerprint density at radius 1 is 1.36 bits per heavy atom. The summed E-state index contributed by atoms with van der Waals surface area (Å²) in [4.78, 5) is 23.6. The van der Waals surface area contributed by atoms with Crippen LogP contribution in [-0.4, -0.2) is 45.5 Å². The number of anilines is 1. The van der Waals surface area contributed by atoms with Crippen LogP contribution in [0.1, 0.15) is 54.7 Å². The van der Waals surface area contributed by atoms with Crippen molar-refractivity contribution in [1.29, 1.82) is 0 Å². The van der Waals surface area contributed by atoms with E-state index in [2.05, 4.69) is 33.0 Å². The molecular formula is C19H27N5O. The van der Waals surface area contributed by atoms with Gasteiger partial charge in [-0.15, -0.1) is 0 Å². The molecule has 1 N–H and O–H groups in total. The maximum atomic E-state index is 12.9. The van der Waals surface area contributed by atoms with E-state index in [-0.39, 0.29) is 5.91 Å². The Morgan fingerprint density at radius 2 is 2.24 bits per heavy atom. The molecule has 1 saturated heterocycles. The molecule has 1 atom stereocenters. The lowest BCUT2D eigenvalue weighted by Crippen LogP contribution is -2.39. The molecule has 0 aliphatic carbocycles. The summed E-state index contributed by atoms with van der Waals surface area (Å²) in [7, 11) is 1.81. The van der Waals surface area contributed by atoms with Crippen molar-refractivity contribution in [2.24, 2.45) is 0 Å². The van der Waals surface area contributed by atoms with Crippen molar-refractivity contribution in [3.63, 3.8) is 0 Å². The SMILES string of the molecule is CCCCn1ccnc1[C@H]1CCCN(C(=O)c2ccnc(NC)c2)C1. The highest BCUT2D eigenvalue weighted by Gasteiger charge is 2.28. The van der Waals surface area contributed by atoms with Crippen molar-refractivity contribution in [2.45, 2.75) is 45.1 Å². The highest BCUT2D eigenvalue weighted by atomic mass is 16.2. The topological polar surface area (TPSA) is 63.1 Å². The first-order chi connectivity index (χ1) is 12.2. The van der Waals surface area contributed by atoms with E-state index in [9.17, 15) is 4.79 Å². The zero-order valence-electron chi connectivity index (χ0n) is 15.1. The minimum atomic E-state index is 0.0789. The minimum Gasteiger partial charge on any atom is -0.373 e. The normalized spacial score (nSPS) is 17.5. The van der Waals surface area contributed by atoms with Crippen molar-refractivity contribution >= 4 is 11.7 Å². The first kappa shape index (κ1) is 17.5. The van der Waals surface area contributed by atoms with Crippen molar-refractivity contribution in [3.8, 4) is 0 Å². The van der Waals surface area contributed by atoms with Gasteiger partial charge >= 0.3 is 0 Å². The molecule has 2 aromatic rings. The molecule has 0 saturated carbocycles. The number of nitrogens with one attached hydrogen (secondary N) is 1. The maximum Gasteiger partial charge on any atom is 0.254 e. The van der Waals surface area contributed by atoms with Gasteiger partial charge in [-0.25, -0.2) is 9.97 Å². The number of pyridine rings is 1. The molecule has 3 heterocycles. The Bertz CT molecular complexity index is 711. The van der Waals surface area contributed by atoms with Crippen LogP contribution in [0.25, 0.3) is 0 Å². The molecule has 0 bridgehead atoms. The number of hydrogen-bond donors (Lipinski definition) is 1. The third kappa shape index (κ3) is 4.00. The van der Waals surface area contributed by atoms with Crippen LogP contribution in [0, 0.1) is 0 Å². The van der Waals surface area contributed by atoms with E-state index in [0.29, 0.717) is 11.5 Å². The van der Waals surface area contributed by atoms with Gasteiger partial charge in [0, 0.05) is 56.8 Å². The number of likely N-dealkylation sites (tertiary alicyclic amines) is 1. The minimum absolute atomic E-state index is 0.0789. The molecule has 0 radical (unpaired) electrons. The molecule has 1 aliphatic rings. The van der Waals surface area contributed by atoms with Gasteiger partial charge in [0.05, 0.1) is 0 Å². The van der Waals surface area contributed by atoms with Gasteiger partial charge in [-0.1, -0.05) is 13.3 Å². The lowest BCUT2D eigenvalue weighted by molar-refractivity contribution is 0.0703. The number of carbonyl (C=O) groups excluding carboxylic acids is 1. The molecular weight excluding hydrogens is 314 g/mol. The van der Waals surface area contributed by atoms with Crippen molar-refractivity contribution < 1.29 is 4.79 Å². The van der Waals surface area contributed by atoms with Gasteiger partial charge in [0.25, 0.3) is 5.91 Å². The molecule has 134 valence electrons. The molecule has 3 rings (SSSR count). The van der Waals surface area contributed by atoms with E-state index in [0.717, 1.165) is 50.5 Å². The Hall–Kier alpha value is -2.37. The fourth-order valence-corrected chi connectivity index (χ4v) is 3.45. The van der Waals surface area contributed by atoms with Gasteiger partial charge in [-0.05, 0) is 31.4 Å². The number of hydrogen-bond acceptors (Lipinski definition) is 4. The van der Waals surface area contributed by atoms with Crippen LogP contribution in [0.2, 0.25) is 0 Å². The lowest BCUT2D eigenvalue weighted by Gasteiger charge is -2.33. The number of rotatable bonds is 6. The van der Waals surface area contributed by atoms with Gasteiger partial charge in [0.15, 0.2) is 0 Å². The van der Waals surface area contributed by atoms with Crippen LogP contribution in [0.5, 0.6) is 0 Å². The zero-order chi connectivity index (χ0) is 17.6. The highest BCUT2D eigenvalue weighted by Crippen LogP contribution is 2.27. The van der Waals surface area contributed by atoms with Crippen LogP contribution >= 0.6 is 0 Å². The number of imidazole rings is 1. The largest absolute Gasteiger partial charge is 0.373 e.